The van der Waals surface area contributed by atoms with Gasteiger partial charge < -0.3 is 9.72 Å². The normalized spacial score (nSPS) is 17.5. The van der Waals surface area contributed by atoms with Gasteiger partial charge in [0.05, 0.1) is 18.6 Å². The molecule has 1 fully saturated rings. The summed E-state index contributed by atoms with van der Waals surface area (Å²) in [5.74, 6) is 1.000. The van der Waals surface area contributed by atoms with Gasteiger partial charge in [-0.3, -0.25) is 0 Å². The maximum absolute atomic E-state index is 13.7. The van der Waals surface area contributed by atoms with Gasteiger partial charge in [0, 0.05) is 22.7 Å². The number of methoxy groups -OCH3 is 1. The molecule has 6 heteroatoms. The minimum Gasteiger partial charge on any atom is -0.496 e. The smallest absolute Gasteiger partial charge is 0.150 e. The Labute approximate surface area is 151 Å². The first-order valence-electron chi connectivity index (χ1n) is 8.62. The van der Waals surface area contributed by atoms with Crippen LogP contribution in [-0.2, 0) is 9.84 Å². The van der Waals surface area contributed by atoms with Gasteiger partial charge in [-0.25, -0.2) is 12.8 Å². The highest BCUT2D eigenvalue weighted by Crippen LogP contribution is 2.37. The summed E-state index contributed by atoms with van der Waals surface area (Å²) in [7, 11) is -1.32. The molecule has 1 saturated heterocycles. The van der Waals surface area contributed by atoms with E-state index < -0.39 is 9.84 Å². The number of aromatic amines is 1. The van der Waals surface area contributed by atoms with Crippen LogP contribution in [0.3, 0.4) is 0 Å². The van der Waals surface area contributed by atoms with E-state index in [1.54, 1.807) is 13.2 Å². The largest absolute Gasteiger partial charge is 0.496 e. The number of ether oxygens (including phenoxy) is 1. The Hall–Kier alpha value is -2.34. The van der Waals surface area contributed by atoms with Gasteiger partial charge in [0.25, 0.3) is 0 Å². The van der Waals surface area contributed by atoms with Crippen LogP contribution >= 0.6 is 0 Å². The molecule has 1 aliphatic heterocycles. The zero-order chi connectivity index (χ0) is 18.3. The van der Waals surface area contributed by atoms with Crippen LogP contribution < -0.4 is 4.74 Å². The lowest BCUT2D eigenvalue weighted by Gasteiger charge is -2.21. The topological polar surface area (TPSA) is 59.2 Å². The number of H-pyrrole nitrogens is 1. The van der Waals surface area contributed by atoms with E-state index in [-0.39, 0.29) is 23.2 Å². The highest BCUT2D eigenvalue weighted by molar-refractivity contribution is 7.91. The number of sulfone groups is 1. The van der Waals surface area contributed by atoms with Gasteiger partial charge in [0.15, 0.2) is 0 Å². The average Bonchev–Trinajstić information content (AvgIpc) is 3.05. The summed E-state index contributed by atoms with van der Waals surface area (Å²) < 4.78 is 42.6. The first-order valence-corrected chi connectivity index (χ1v) is 10.4. The standard InChI is InChI=1S/C20H20FNO3S/c1-25-20-5-3-15(21)11-16(20)14-2-4-19-17(10-14)18(12-22-19)13-6-8-26(23,24)9-7-13/h2-5,10-13,22H,6-9H2,1H3. The summed E-state index contributed by atoms with van der Waals surface area (Å²) in [6.45, 7) is 0. The number of rotatable bonds is 3. The molecule has 3 aromatic rings. The maximum atomic E-state index is 13.7. The molecule has 0 radical (unpaired) electrons. The lowest BCUT2D eigenvalue weighted by Crippen LogP contribution is -2.21. The van der Waals surface area contributed by atoms with Crippen molar-refractivity contribution in [1.82, 2.24) is 4.98 Å². The van der Waals surface area contributed by atoms with Crippen LogP contribution in [0.2, 0.25) is 0 Å². The molecule has 0 atom stereocenters. The maximum Gasteiger partial charge on any atom is 0.150 e. The molecule has 0 amide bonds. The van der Waals surface area contributed by atoms with Crippen LogP contribution in [0.25, 0.3) is 22.0 Å². The van der Waals surface area contributed by atoms with E-state index in [4.69, 9.17) is 4.74 Å². The van der Waals surface area contributed by atoms with Crippen LogP contribution in [0.15, 0.2) is 42.6 Å². The van der Waals surface area contributed by atoms with Crippen LogP contribution in [0, 0.1) is 5.82 Å². The van der Waals surface area contributed by atoms with E-state index in [0.717, 1.165) is 22.0 Å². The quantitative estimate of drug-likeness (QED) is 0.746. The lowest BCUT2D eigenvalue weighted by molar-refractivity contribution is 0.415. The Morgan fingerprint density at radius 1 is 1.12 bits per heavy atom. The van der Waals surface area contributed by atoms with Crippen molar-refractivity contribution < 1.29 is 17.5 Å². The van der Waals surface area contributed by atoms with Crippen LogP contribution in [0.4, 0.5) is 4.39 Å². The molecule has 4 rings (SSSR count). The Morgan fingerprint density at radius 2 is 1.88 bits per heavy atom. The summed E-state index contributed by atoms with van der Waals surface area (Å²) in [5, 5.41) is 1.05. The number of benzene rings is 2. The Morgan fingerprint density at radius 3 is 2.62 bits per heavy atom. The van der Waals surface area contributed by atoms with Gasteiger partial charge in [-0.1, -0.05) is 6.07 Å². The molecule has 0 spiro atoms. The molecule has 0 unspecified atom stereocenters. The number of hydrogen-bond donors (Lipinski definition) is 1. The van der Waals surface area contributed by atoms with E-state index in [2.05, 4.69) is 4.98 Å². The Kier molecular flexibility index (Phi) is 4.23. The van der Waals surface area contributed by atoms with Crippen molar-refractivity contribution in [3.8, 4) is 16.9 Å². The second kappa shape index (κ2) is 6.43. The van der Waals surface area contributed by atoms with Crippen molar-refractivity contribution in [2.45, 2.75) is 18.8 Å². The van der Waals surface area contributed by atoms with Crippen LogP contribution in [-0.4, -0.2) is 32.0 Å². The SMILES string of the molecule is COc1ccc(F)cc1-c1ccc2[nH]cc(C3CCS(=O)(=O)CC3)c2c1. The van der Waals surface area contributed by atoms with Gasteiger partial charge >= 0.3 is 0 Å². The Bertz CT molecular complexity index is 1060. The van der Waals surface area contributed by atoms with Crippen molar-refractivity contribution in [3.63, 3.8) is 0 Å². The fraction of sp³-hybridized carbons (Fsp3) is 0.300. The number of nitrogens with one attached hydrogen (secondary N) is 1. The monoisotopic (exact) mass is 373 g/mol. The highest BCUT2D eigenvalue weighted by Gasteiger charge is 2.26. The van der Waals surface area contributed by atoms with Crippen molar-refractivity contribution in [1.29, 1.82) is 0 Å². The van der Waals surface area contributed by atoms with Gasteiger partial charge in [-0.2, -0.15) is 0 Å². The van der Waals surface area contributed by atoms with E-state index >= 15 is 0 Å². The van der Waals surface area contributed by atoms with Gasteiger partial charge in [0.1, 0.15) is 21.4 Å². The van der Waals surface area contributed by atoms with Crippen molar-refractivity contribution in [2.24, 2.45) is 0 Å². The third kappa shape index (κ3) is 3.09. The van der Waals surface area contributed by atoms with E-state index in [1.807, 2.05) is 24.4 Å². The molecule has 1 aliphatic rings. The fourth-order valence-electron chi connectivity index (χ4n) is 3.75. The summed E-state index contributed by atoms with van der Waals surface area (Å²) >= 11 is 0. The molecule has 2 aromatic carbocycles. The van der Waals surface area contributed by atoms with Crippen molar-refractivity contribution in [3.05, 3.63) is 54.0 Å². The molecule has 2 heterocycles. The first-order chi connectivity index (χ1) is 12.5. The zero-order valence-corrected chi connectivity index (χ0v) is 15.3. The minimum absolute atomic E-state index is 0.219. The van der Waals surface area contributed by atoms with Crippen molar-refractivity contribution in [2.75, 3.05) is 18.6 Å². The zero-order valence-electron chi connectivity index (χ0n) is 14.5. The molecule has 0 saturated carbocycles. The molecule has 0 bridgehead atoms. The van der Waals surface area contributed by atoms with E-state index in [9.17, 15) is 12.8 Å². The number of hydrogen-bond acceptors (Lipinski definition) is 3. The second-order valence-corrected chi connectivity index (χ2v) is 9.08. The molecule has 26 heavy (non-hydrogen) atoms. The number of aromatic nitrogens is 1. The first kappa shape index (κ1) is 17.1. The van der Waals surface area contributed by atoms with E-state index in [1.165, 1.54) is 12.1 Å². The number of fused-ring (bicyclic) bond motifs is 1. The van der Waals surface area contributed by atoms with Crippen molar-refractivity contribution >= 4 is 20.7 Å². The molecular weight excluding hydrogens is 353 g/mol. The molecule has 136 valence electrons. The lowest BCUT2D eigenvalue weighted by atomic mass is 9.92. The molecule has 4 nitrogen and oxygen atoms in total. The Balaban J connectivity index is 1.77. The predicted octanol–water partition coefficient (Wildman–Crippen LogP) is 4.27. The second-order valence-electron chi connectivity index (χ2n) is 6.78. The highest BCUT2D eigenvalue weighted by atomic mass is 32.2. The molecule has 0 aliphatic carbocycles. The predicted molar refractivity (Wildman–Crippen MR) is 101 cm³/mol. The average molecular weight is 373 g/mol. The summed E-state index contributed by atoms with van der Waals surface area (Å²) in [4.78, 5) is 3.27. The van der Waals surface area contributed by atoms with Gasteiger partial charge in [0.2, 0.25) is 0 Å². The third-order valence-corrected chi connectivity index (χ3v) is 6.90. The fourth-order valence-corrected chi connectivity index (χ4v) is 5.25. The minimum atomic E-state index is -2.89. The van der Waals surface area contributed by atoms with Crippen LogP contribution in [0.5, 0.6) is 5.75 Å². The van der Waals surface area contributed by atoms with Gasteiger partial charge in [-0.05, 0) is 60.2 Å². The summed E-state index contributed by atoms with van der Waals surface area (Å²) in [5.41, 5.74) is 3.70. The third-order valence-electron chi connectivity index (χ3n) is 5.18. The molecular formula is C20H20FNO3S. The number of halogens is 1. The summed E-state index contributed by atoms with van der Waals surface area (Å²) in [6, 6.07) is 10.4. The molecule has 1 N–H and O–H groups in total. The van der Waals surface area contributed by atoms with E-state index in [0.29, 0.717) is 24.2 Å². The summed E-state index contributed by atoms with van der Waals surface area (Å²) in [6.07, 6.45) is 3.26. The molecule has 1 aromatic heterocycles. The van der Waals surface area contributed by atoms with Crippen LogP contribution in [0.1, 0.15) is 24.3 Å². The van der Waals surface area contributed by atoms with Gasteiger partial charge in [-0.15, -0.1) is 0 Å².